The summed E-state index contributed by atoms with van der Waals surface area (Å²) in [6.07, 6.45) is 5.62. The first kappa shape index (κ1) is 13.1. The summed E-state index contributed by atoms with van der Waals surface area (Å²) in [5, 5.41) is 1.02. The Hall–Kier alpha value is -2.62. The zero-order valence-corrected chi connectivity index (χ0v) is 12.0. The van der Waals surface area contributed by atoms with Gasteiger partial charge in [-0.2, -0.15) is 0 Å². The molecule has 0 atom stereocenters. The molecule has 0 unspecified atom stereocenters. The maximum absolute atomic E-state index is 12.1. The normalized spacial score (nSPS) is 13.8. The third-order valence-corrected chi connectivity index (χ3v) is 4.06. The number of pyridine rings is 1. The number of nitrogens with zero attached hydrogens (tertiary/aromatic N) is 1. The van der Waals surface area contributed by atoms with Crippen molar-refractivity contribution in [1.82, 2.24) is 4.98 Å². The molecule has 0 fully saturated rings. The molecule has 2 aromatic heterocycles. The highest BCUT2D eigenvalue weighted by Gasteiger charge is 2.18. The van der Waals surface area contributed by atoms with E-state index in [-0.39, 0.29) is 5.63 Å². The summed E-state index contributed by atoms with van der Waals surface area (Å²) < 4.78 is 11.2. The molecule has 1 aliphatic rings. The molecule has 4 rings (SSSR count). The molecule has 4 nitrogen and oxygen atoms in total. The maximum Gasteiger partial charge on any atom is 0.339 e. The second-order valence-corrected chi connectivity index (χ2v) is 5.48. The van der Waals surface area contributed by atoms with Crippen molar-refractivity contribution >= 4 is 11.0 Å². The van der Waals surface area contributed by atoms with Gasteiger partial charge in [-0.3, -0.25) is 0 Å². The smallest absolute Gasteiger partial charge is 0.339 e. The predicted octanol–water partition coefficient (Wildman–Crippen LogP) is 3.86. The van der Waals surface area contributed by atoms with Crippen LogP contribution in [-0.2, 0) is 12.8 Å². The van der Waals surface area contributed by atoms with Gasteiger partial charge < -0.3 is 9.15 Å². The molecule has 0 spiro atoms. The van der Waals surface area contributed by atoms with E-state index in [1.54, 1.807) is 18.3 Å². The van der Waals surface area contributed by atoms with E-state index in [2.05, 4.69) is 4.98 Å². The number of rotatable bonds is 2. The quantitative estimate of drug-likeness (QED) is 0.673. The second-order valence-electron chi connectivity index (χ2n) is 5.48. The van der Waals surface area contributed by atoms with Crippen molar-refractivity contribution in [1.29, 1.82) is 0 Å². The first-order chi connectivity index (χ1) is 10.8. The third kappa shape index (κ3) is 2.26. The maximum atomic E-state index is 12.1. The Morgan fingerprint density at radius 3 is 2.73 bits per heavy atom. The third-order valence-electron chi connectivity index (χ3n) is 4.06. The summed E-state index contributed by atoms with van der Waals surface area (Å²) in [6.45, 7) is 0. The summed E-state index contributed by atoms with van der Waals surface area (Å²) in [6, 6.07) is 11.1. The molecule has 0 amide bonds. The number of aryl methyl sites for hydroxylation is 1. The highest BCUT2D eigenvalue weighted by Crippen LogP contribution is 2.30. The van der Waals surface area contributed by atoms with Gasteiger partial charge in [0.2, 0.25) is 5.88 Å². The zero-order chi connectivity index (χ0) is 14.9. The topological polar surface area (TPSA) is 52.3 Å². The summed E-state index contributed by atoms with van der Waals surface area (Å²) in [5.41, 5.74) is 2.36. The van der Waals surface area contributed by atoms with Gasteiger partial charge in [0.05, 0.1) is 0 Å². The predicted molar refractivity (Wildman–Crippen MR) is 83.4 cm³/mol. The second kappa shape index (κ2) is 5.30. The monoisotopic (exact) mass is 293 g/mol. The fourth-order valence-electron chi connectivity index (χ4n) is 3.02. The lowest BCUT2D eigenvalue weighted by Crippen LogP contribution is -2.15. The Kier molecular flexibility index (Phi) is 3.15. The highest BCUT2D eigenvalue weighted by atomic mass is 16.5. The van der Waals surface area contributed by atoms with E-state index >= 15 is 0 Å². The van der Waals surface area contributed by atoms with Gasteiger partial charge in [-0.15, -0.1) is 0 Å². The van der Waals surface area contributed by atoms with E-state index in [0.717, 1.165) is 42.2 Å². The van der Waals surface area contributed by atoms with E-state index in [1.807, 2.05) is 24.3 Å². The summed E-state index contributed by atoms with van der Waals surface area (Å²) in [7, 11) is 0. The Morgan fingerprint density at radius 1 is 1.05 bits per heavy atom. The van der Waals surface area contributed by atoms with Crippen molar-refractivity contribution < 1.29 is 9.15 Å². The lowest BCUT2D eigenvalue weighted by Gasteiger charge is -2.16. The van der Waals surface area contributed by atoms with Gasteiger partial charge in [-0.1, -0.05) is 6.07 Å². The van der Waals surface area contributed by atoms with Crippen LogP contribution in [0.25, 0.3) is 11.0 Å². The number of hydrogen-bond donors (Lipinski definition) is 0. The van der Waals surface area contributed by atoms with Crippen LogP contribution in [0.1, 0.15) is 24.0 Å². The summed E-state index contributed by atoms with van der Waals surface area (Å²) in [4.78, 5) is 16.3. The minimum absolute atomic E-state index is 0.211. The standard InChI is InChI=1S/C18H15NO3/c20-18-15-6-2-1-5-13(15)14-9-8-12(11-16(14)22-18)21-17-7-3-4-10-19-17/h3-4,7-11H,1-2,5-6H2. The van der Waals surface area contributed by atoms with Crippen molar-refractivity contribution in [2.24, 2.45) is 0 Å². The molecule has 4 heteroatoms. The van der Waals surface area contributed by atoms with Crippen LogP contribution in [0.4, 0.5) is 0 Å². The molecule has 3 aromatic rings. The zero-order valence-electron chi connectivity index (χ0n) is 12.0. The SMILES string of the molecule is O=c1oc2cc(Oc3ccccn3)ccc2c2c1CCCC2. The number of fused-ring (bicyclic) bond motifs is 3. The van der Waals surface area contributed by atoms with Crippen molar-refractivity contribution in [2.45, 2.75) is 25.7 Å². The Balaban J connectivity index is 1.80. The Bertz CT molecular complexity index is 884. The fourth-order valence-corrected chi connectivity index (χ4v) is 3.02. The van der Waals surface area contributed by atoms with Crippen LogP contribution in [0.3, 0.4) is 0 Å². The first-order valence-corrected chi connectivity index (χ1v) is 7.49. The van der Waals surface area contributed by atoms with E-state index in [0.29, 0.717) is 17.2 Å². The number of benzene rings is 1. The molecule has 1 aliphatic carbocycles. The van der Waals surface area contributed by atoms with Crippen LogP contribution in [0.5, 0.6) is 11.6 Å². The van der Waals surface area contributed by atoms with Crippen LogP contribution < -0.4 is 10.4 Å². The molecule has 1 aromatic carbocycles. The first-order valence-electron chi connectivity index (χ1n) is 7.49. The number of hydrogen-bond acceptors (Lipinski definition) is 4. The van der Waals surface area contributed by atoms with E-state index in [4.69, 9.17) is 9.15 Å². The molecule has 0 N–H and O–H groups in total. The number of aromatic nitrogens is 1. The molecular formula is C18H15NO3. The van der Waals surface area contributed by atoms with Gasteiger partial charge in [0.1, 0.15) is 11.3 Å². The van der Waals surface area contributed by atoms with E-state index < -0.39 is 0 Å². The molecule has 0 bridgehead atoms. The van der Waals surface area contributed by atoms with Crippen LogP contribution in [0.2, 0.25) is 0 Å². The van der Waals surface area contributed by atoms with Gasteiger partial charge in [0.25, 0.3) is 0 Å². The molecular weight excluding hydrogens is 278 g/mol. The minimum atomic E-state index is -0.211. The largest absolute Gasteiger partial charge is 0.439 e. The van der Waals surface area contributed by atoms with Gasteiger partial charge >= 0.3 is 5.63 Å². The average Bonchev–Trinajstić information content (AvgIpc) is 2.56. The van der Waals surface area contributed by atoms with Gasteiger partial charge in [0.15, 0.2) is 0 Å². The lowest BCUT2D eigenvalue weighted by atomic mass is 9.91. The highest BCUT2D eigenvalue weighted by molar-refractivity contribution is 5.82. The summed E-state index contributed by atoms with van der Waals surface area (Å²) >= 11 is 0. The van der Waals surface area contributed by atoms with Crippen molar-refractivity contribution in [2.75, 3.05) is 0 Å². The van der Waals surface area contributed by atoms with Crippen molar-refractivity contribution in [3.63, 3.8) is 0 Å². The van der Waals surface area contributed by atoms with E-state index in [1.165, 1.54) is 0 Å². The average molecular weight is 293 g/mol. The van der Waals surface area contributed by atoms with Crippen molar-refractivity contribution in [3.8, 4) is 11.6 Å². The Morgan fingerprint density at radius 2 is 1.91 bits per heavy atom. The number of ether oxygens (including phenoxy) is 1. The molecule has 0 saturated carbocycles. The lowest BCUT2D eigenvalue weighted by molar-refractivity contribution is 0.461. The van der Waals surface area contributed by atoms with Crippen LogP contribution in [-0.4, -0.2) is 4.98 Å². The molecule has 22 heavy (non-hydrogen) atoms. The van der Waals surface area contributed by atoms with Gasteiger partial charge in [0, 0.05) is 29.3 Å². The molecule has 2 heterocycles. The van der Waals surface area contributed by atoms with Gasteiger partial charge in [-0.05, 0) is 49.4 Å². The fraction of sp³-hybridized carbons (Fsp3) is 0.222. The van der Waals surface area contributed by atoms with Crippen LogP contribution in [0, 0.1) is 0 Å². The molecule has 0 radical (unpaired) electrons. The van der Waals surface area contributed by atoms with Gasteiger partial charge in [-0.25, -0.2) is 9.78 Å². The summed E-state index contributed by atoms with van der Waals surface area (Å²) in [5.74, 6) is 1.13. The molecule has 110 valence electrons. The minimum Gasteiger partial charge on any atom is -0.439 e. The van der Waals surface area contributed by atoms with Crippen LogP contribution in [0.15, 0.2) is 51.8 Å². The molecule has 0 saturated heterocycles. The van der Waals surface area contributed by atoms with Crippen LogP contribution >= 0.6 is 0 Å². The molecule has 0 aliphatic heterocycles. The van der Waals surface area contributed by atoms with Crippen molar-refractivity contribution in [3.05, 3.63) is 64.1 Å². The van der Waals surface area contributed by atoms with E-state index in [9.17, 15) is 4.79 Å². The Labute approximate surface area is 127 Å².